The summed E-state index contributed by atoms with van der Waals surface area (Å²) < 4.78 is 39.5. The van der Waals surface area contributed by atoms with E-state index in [0.29, 0.717) is 15.4 Å². The van der Waals surface area contributed by atoms with E-state index in [1.54, 1.807) is 6.92 Å². The molecule has 2 aromatic carbocycles. The molecule has 5 heteroatoms. The Labute approximate surface area is 118 Å². The summed E-state index contributed by atoms with van der Waals surface area (Å²) in [5, 5.41) is 0. The molecule has 1 nitrogen and oxygen atoms in total. The van der Waals surface area contributed by atoms with Gasteiger partial charge in [0, 0.05) is 15.4 Å². The van der Waals surface area contributed by atoms with E-state index in [9.17, 15) is 18.0 Å². The van der Waals surface area contributed by atoms with Gasteiger partial charge in [-0.3, -0.25) is 4.79 Å². The minimum atomic E-state index is -0.960. The maximum Gasteiger partial charge on any atom is 0.161 e. The van der Waals surface area contributed by atoms with Gasteiger partial charge < -0.3 is 0 Å². The van der Waals surface area contributed by atoms with Crippen LogP contribution in [-0.4, -0.2) is 5.78 Å². The summed E-state index contributed by atoms with van der Waals surface area (Å²) in [6, 6.07) is 6.16. The molecule has 104 valence electrons. The topological polar surface area (TPSA) is 17.1 Å². The van der Waals surface area contributed by atoms with E-state index in [-0.39, 0.29) is 11.3 Å². The van der Waals surface area contributed by atoms with Crippen molar-refractivity contribution >= 4 is 17.5 Å². The Bertz CT molecular complexity index is 683. The maximum atomic E-state index is 13.5. The van der Waals surface area contributed by atoms with E-state index in [1.165, 1.54) is 25.1 Å². The van der Waals surface area contributed by atoms with Crippen LogP contribution in [0.5, 0.6) is 0 Å². The van der Waals surface area contributed by atoms with Crippen LogP contribution < -0.4 is 0 Å². The normalized spacial score (nSPS) is 10.7. The quantitative estimate of drug-likeness (QED) is 0.759. The number of hydrogen-bond donors (Lipinski definition) is 0. The zero-order chi connectivity index (χ0) is 14.9. The van der Waals surface area contributed by atoms with Gasteiger partial charge in [-0.1, -0.05) is 11.8 Å². The molecular weight excluding hydrogens is 285 g/mol. The fraction of sp³-hybridized carbons (Fsp3) is 0.133. The monoisotopic (exact) mass is 296 g/mol. The van der Waals surface area contributed by atoms with Gasteiger partial charge >= 0.3 is 0 Å². The van der Waals surface area contributed by atoms with Crippen LogP contribution >= 0.6 is 11.8 Å². The molecule has 0 radical (unpaired) electrons. The summed E-state index contributed by atoms with van der Waals surface area (Å²) in [6.07, 6.45) is 0. The lowest BCUT2D eigenvalue weighted by Crippen LogP contribution is -1.98. The molecule has 0 aromatic heterocycles. The van der Waals surface area contributed by atoms with Crippen LogP contribution in [0, 0.1) is 24.4 Å². The molecule has 20 heavy (non-hydrogen) atoms. The molecule has 0 aliphatic heterocycles. The fourth-order valence-corrected chi connectivity index (χ4v) is 2.78. The molecule has 2 rings (SSSR count). The lowest BCUT2D eigenvalue weighted by molar-refractivity contribution is 0.101. The minimum Gasteiger partial charge on any atom is -0.294 e. The average Bonchev–Trinajstić information content (AvgIpc) is 2.37. The molecule has 0 amide bonds. The van der Waals surface area contributed by atoms with Gasteiger partial charge in [0.1, 0.15) is 5.82 Å². The van der Waals surface area contributed by atoms with Crippen molar-refractivity contribution in [2.24, 2.45) is 0 Å². The Hall–Kier alpha value is -1.75. The van der Waals surface area contributed by atoms with Gasteiger partial charge in [-0.25, -0.2) is 13.2 Å². The van der Waals surface area contributed by atoms with Crippen LogP contribution in [0.1, 0.15) is 22.8 Å². The van der Waals surface area contributed by atoms with E-state index in [1.807, 2.05) is 0 Å². The molecule has 0 heterocycles. The SMILES string of the molecule is CC(=O)c1cc(F)c(C)cc1Sc1ccc(F)c(F)c1. The highest BCUT2D eigenvalue weighted by atomic mass is 32.2. The molecule has 0 unspecified atom stereocenters. The number of Topliss-reactive ketones (excluding diaryl/α,β-unsaturated/α-hetero) is 1. The van der Waals surface area contributed by atoms with Crippen LogP contribution in [0.15, 0.2) is 40.1 Å². The third-order valence-electron chi connectivity index (χ3n) is 2.76. The van der Waals surface area contributed by atoms with Crippen molar-refractivity contribution in [2.75, 3.05) is 0 Å². The highest BCUT2D eigenvalue weighted by Crippen LogP contribution is 2.33. The van der Waals surface area contributed by atoms with Crippen LogP contribution in [0.3, 0.4) is 0 Å². The van der Waals surface area contributed by atoms with Gasteiger partial charge in [0.15, 0.2) is 17.4 Å². The molecule has 0 fully saturated rings. The summed E-state index contributed by atoms with van der Waals surface area (Å²) in [5.74, 6) is -2.64. The summed E-state index contributed by atoms with van der Waals surface area (Å²) in [6.45, 7) is 2.91. The molecule has 0 aliphatic rings. The van der Waals surface area contributed by atoms with Gasteiger partial charge in [-0.15, -0.1) is 0 Å². The molecule has 0 saturated heterocycles. The van der Waals surface area contributed by atoms with Crippen molar-refractivity contribution in [2.45, 2.75) is 23.6 Å². The number of ketones is 1. The second-order valence-electron chi connectivity index (χ2n) is 4.33. The highest BCUT2D eigenvalue weighted by molar-refractivity contribution is 7.99. The smallest absolute Gasteiger partial charge is 0.161 e. The van der Waals surface area contributed by atoms with Gasteiger partial charge in [0.05, 0.1) is 0 Å². The van der Waals surface area contributed by atoms with Crippen molar-refractivity contribution in [3.8, 4) is 0 Å². The minimum absolute atomic E-state index is 0.225. The first-order valence-electron chi connectivity index (χ1n) is 5.82. The zero-order valence-corrected chi connectivity index (χ0v) is 11.7. The van der Waals surface area contributed by atoms with E-state index in [2.05, 4.69) is 0 Å². The van der Waals surface area contributed by atoms with Crippen LogP contribution in [0.2, 0.25) is 0 Å². The van der Waals surface area contributed by atoms with Gasteiger partial charge in [-0.2, -0.15) is 0 Å². The number of rotatable bonds is 3. The van der Waals surface area contributed by atoms with Crippen molar-refractivity contribution in [1.29, 1.82) is 0 Å². The lowest BCUT2D eigenvalue weighted by atomic mass is 10.1. The van der Waals surface area contributed by atoms with E-state index in [4.69, 9.17) is 0 Å². The van der Waals surface area contributed by atoms with Gasteiger partial charge in [0.2, 0.25) is 0 Å². The molecule has 2 aromatic rings. The fourth-order valence-electron chi connectivity index (χ4n) is 1.68. The van der Waals surface area contributed by atoms with E-state index in [0.717, 1.165) is 23.9 Å². The maximum absolute atomic E-state index is 13.5. The number of halogens is 3. The molecule has 0 bridgehead atoms. The predicted molar refractivity (Wildman–Crippen MR) is 71.6 cm³/mol. The van der Waals surface area contributed by atoms with Crippen molar-refractivity contribution in [3.63, 3.8) is 0 Å². The van der Waals surface area contributed by atoms with Crippen molar-refractivity contribution in [3.05, 3.63) is 58.9 Å². The summed E-state index contributed by atoms with van der Waals surface area (Å²) in [5.41, 5.74) is 0.614. The summed E-state index contributed by atoms with van der Waals surface area (Å²) >= 11 is 1.09. The van der Waals surface area contributed by atoms with Crippen molar-refractivity contribution < 1.29 is 18.0 Å². The molecule has 0 aliphatic carbocycles. The summed E-state index contributed by atoms with van der Waals surface area (Å²) in [4.78, 5) is 12.5. The Morgan fingerprint density at radius 3 is 2.30 bits per heavy atom. The summed E-state index contributed by atoms with van der Waals surface area (Å²) in [7, 11) is 0. The number of aryl methyl sites for hydroxylation is 1. The zero-order valence-electron chi connectivity index (χ0n) is 10.8. The first-order valence-corrected chi connectivity index (χ1v) is 6.64. The number of hydrogen-bond acceptors (Lipinski definition) is 2. The number of carbonyl (C=O) groups is 1. The van der Waals surface area contributed by atoms with E-state index < -0.39 is 17.5 Å². The third kappa shape index (κ3) is 3.04. The first-order chi connectivity index (χ1) is 9.38. The second-order valence-corrected chi connectivity index (χ2v) is 5.45. The van der Waals surface area contributed by atoms with Gasteiger partial charge in [0.25, 0.3) is 0 Å². The Morgan fingerprint density at radius 1 is 1.00 bits per heavy atom. The Balaban J connectivity index is 2.44. The Morgan fingerprint density at radius 2 is 1.70 bits per heavy atom. The molecular formula is C15H11F3OS. The largest absolute Gasteiger partial charge is 0.294 e. The molecule has 0 atom stereocenters. The first kappa shape index (κ1) is 14.7. The second kappa shape index (κ2) is 5.71. The van der Waals surface area contributed by atoms with Crippen LogP contribution in [0.25, 0.3) is 0 Å². The van der Waals surface area contributed by atoms with Crippen LogP contribution in [-0.2, 0) is 0 Å². The van der Waals surface area contributed by atoms with Gasteiger partial charge in [-0.05, 0) is 49.7 Å². The standard InChI is InChI=1S/C15H11F3OS/c1-8-5-15(11(9(2)19)7-13(8)17)20-10-3-4-12(16)14(18)6-10/h3-7H,1-2H3. The third-order valence-corrected chi connectivity index (χ3v) is 3.81. The average molecular weight is 296 g/mol. The van der Waals surface area contributed by atoms with Crippen LogP contribution in [0.4, 0.5) is 13.2 Å². The van der Waals surface area contributed by atoms with E-state index >= 15 is 0 Å². The lowest BCUT2D eigenvalue weighted by Gasteiger charge is -2.09. The highest BCUT2D eigenvalue weighted by Gasteiger charge is 2.13. The molecule has 0 saturated carbocycles. The number of benzene rings is 2. The number of carbonyl (C=O) groups excluding carboxylic acids is 1. The Kier molecular flexibility index (Phi) is 4.18. The predicted octanol–water partition coefficient (Wildman–Crippen LogP) is 4.77. The van der Waals surface area contributed by atoms with Crippen molar-refractivity contribution in [1.82, 2.24) is 0 Å². The molecule has 0 N–H and O–H groups in total. The molecule has 0 spiro atoms.